The van der Waals surface area contributed by atoms with Gasteiger partial charge in [0.25, 0.3) is 11.8 Å². The Morgan fingerprint density at radius 3 is 1.81 bits per heavy atom. The SMILES string of the molecule is Cc1ccc(CC2(Cc3ccc(C)cc3)CCCCN2CCCCCCN2C(=O)COCC2=O)cc1. The second-order valence-corrected chi connectivity index (χ2v) is 10.8. The number of piperidine rings is 1. The zero-order valence-electron chi connectivity index (χ0n) is 22.1. The lowest BCUT2D eigenvalue weighted by atomic mass is 9.76. The highest BCUT2D eigenvalue weighted by Gasteiger charge is 2.38. The van der Waals surface area contributed by atoms with Gasteiger partial charge in [0, 0.05) is 12.1 Å². The number of ether oxygens (including phenoxy) is 1. The number of imide groups is 1. The summed E-state index contributed by atoms with van der Waals surface area (Å²) < 4.78 is 5.01. The van der Waals surface area contributed by atoms with Crippen molar-refractivity contribution in [1.82, 2.24) is 9.80 Å². The second kappa shape index (κ2) is 12.6. The van der Waals surface area contributed by atoms with E-state index in [0.717, 1.165) is 51.6 Å². The number of morpholine rings is 1. The lowest BCUT2D eigenvalue weighted by Gasteiger charge is -2.48. The molecular formula is C31H42N2O3. The molecule has 2 aromatic carbocycles. The molecule has 0 aliphatic carbocycles. The summed E-state index contributed by atoms with van der Waals surface area (Å²) in [4.78, 5) is 28.0. The zero-order valence-corrected chi connectivity index (χ0v) is 22.1. The Morgan fingerprint density at radius 2 is 1.25 bits per heavy atom. The van der Waals surface area contributed by atoms with E-state index < -0.39 is 0 Å². The van der Waals surface area contributed by atoms with Crippen molar-refractivity contribution in [3.8, 4) is 0 Å². The van der Waals surface area contributed by atoms with Crippen molar-refractivity contribution in [3.63, 3.8) is 0 Å². The number of carbonyl (C=O) groups excluding carboxylic acids is 2. The molecule has 2 heterocycles. The van der Waals surface area contributed by atoms with Crippen molar-refractivity contribution in [2.45, 2.75) is 77.2 Å². The third-order valence-corrected chi connectivity index (χ3v) is 7.91. The number of rotatable bonds is 11. The number of hydrogen-bond acceptors (Lipinski definition) is 4. The minimum absolute atomic E-state index is 0.0325. The van der Waals surface area contributed by atoms with Gasteiger partial charge in [-0.3, -0.25) is 19.4 Å². The molecule has 2 saturated heterocycles. The van der Waals surface area contributed by atoms with E-state index in [1.807, 2.05) is 0 Å². The Balaban J connectivity index is 1.37. The predicted octanol–water partition coefficient (Wildman–Crippen LogP) is 5.26. The van der Waals surface area contributed by atoms with Gasteiger partial charge in [0.1, 0.15) is 13.2 Å². The molecular weight excluding hydrogens is 448 g/mol. The van der Waals surface area contributed by atoms with Crippen molar-refractivity contribution in [3.05, 3.63) is 70.8 Å². The fraction of sp³-hybridized carbons (Fsp3) is 0.548. The Kier molecular flexibility index (Phi) is 9.33. The van der Waals surface area contributed by atoms with Gasteiger partial charge in [-0.1, -0.05) is 78.9 Å². The van der Waals surface area contributed by atoms with Gasteiger partial charge >= 0.3 is 0 Å². The van der Waals surface area contributed by atoms with Gasteiger partial charge in [-0.15, -0.1) is 0 Å². The number of hydrogen-bond donors (Lipinski definition) is 0. The molecule has 2 amide bonds. The summed E-state index contributed by atoms with van der Waals surface area (Å²) in [7, 11) is 0. The molecule has 2 aliphatic heterocycles. The highest BCUT2D eigenvalue weighted by Crippen LogP contribution is 2.35. The molecule has 0 N–H and O–H groups in total. The van der Waals surface area contributed by atoms with Crippen LogP contribution in [0.2, 0.25) is 0 Å². The second-order valence-electron chi connectivity index (χ2n) is 10.8. The Labute approximate surface area is 216 Å². The molecule has 2 aliphatic rings. The van der Waals surface area contributed by atoms with Crippen molar-refractivity contribution in [2.24, 2.45) is 0 Å². The van der Waals surface area contributed by atoms with Crippen LogP contribution in [0.4, 0.5) is 0 Å². The average molecular weight is 491 g/mol. The third kappa shape index (κ3) is 7.04. The maximum absolute atomic E-state index is 11.9. The Bertz CT molecular complexity index is 936. The van der Waals surface area contributed by atoms with E-state index in [9.17, 15) is 9.59 Å². The zero-order chi connectivity index (χ0) is 25.4. The monoisotopic (exact) mass is 490 g/mol. The van der Waals surface area contributed by atoms with E-state index in [2.05, 4.69) is 67.3 Å². The Morgan fingerprint density at radius 1 is 0.722 bits per heavy atom. The van der Waals surface area contributed by atoms with Crippen LogP contribution < -0.4 is 0 Å². The number of aryl methyl sites for hydroxylation is 2. The smallest absolute Gasteiger partial charge is 0.255 e. The van der Waals surface area contributed by atoms with Crippen LogP contribution in [0.1, 0.15) is 67.2 Å². The first-order valence-electron chi connectivity index (χ1n) is 13.7. The van der Waals surface area contributed by atoms with Gasteiger partial charge in [0.2, 0.25) is 0 Å². The van der Waals surface area contributed by atoms with Crippen molar-refractivity contribution in [1.29, 1.82) is 0 Å². The molecule has 0 atom stereocenters. The van der Waals surface area contributed by atoms with E-state index >= 15 is 0 Å². The molecule has 5 nitrogen and oxygen atoms in total. The summed E-state index contributed by atoms with van der Waals surface area (Å²) in [6.07, 6.45) is 10.1. The van der Waals surface area contributed by atoms with Gasteiger partial charge in [-0.05, 0) is 76.6 Å². The first kappa shape index (κ1) is 26.6. The van der Waals surface area contributed by atoms with Crippen LogP contribution >= 0.6 is 0 Å². The highest BCUT2D eigenvalue weighted by atomic mass is 16.5. The highest BCUT2D eigenvalue weighted by molar-refractivity contribution is 5.98. The largest absolute Gasteiger partial charge is 0.362 e. The number of nitrogens with zero attached hydrogens (tertiary/aromatic N) is 2. The Hall–Kier alpha value is -2.50. The van der Waals surface area contributed by atoms with E-state index in [1.54, 1.807) is 0 Å². The summed E-state index contributed by atoms with van der Waals surface area (Å²) in [5.41, 5.74) is 5.63. The maximum Gasteiger partial charge on any atom is 0.255 e. The minimum atomic E-state index is -0.198. The molecule has 2 aromatic rings. The fourth-order valence-corrected chi connectivity index (χ4v) is 5.83. The number of unbranched alkanes of at least 4 members (excludes halogenated alkanes) is 3. The number of benzene rings is 2. The van der Waals surface area contributed by atoms with Crippen molar-refractivity contribution >= 4 is 11.8 Å². The predicted molar refractivity (Wildman–Crippen MR) is 144 cm³/mol. The molecule has 5 heteroatoms. The van der Waals surface area contributed by atoms with E-state index in [4.69, 9.17) is 4.74 Å². The normalized spacial score (nSPS) is 18.6. The quantitative estimate of drug-likeness (QED) is 0.319. The van der Waals surface area contributed by atoms with Gasteiger partial charge < -0.3 is 4.74 Å². The van der Waals surface area contributed by atoms with Crippen molar-refractivity contribution in [2.75, 3.05) is 32.8 Å². The molecule has 0 radical (unpaired) electrons. The summed E-state index contributed by atoms with van der Waals surface area (Å²) >= 11 is 0. The van der Waals surface area contributed by atoms with Crippen LogP contribution in [-0.4, -0.2) is 60.0 Å². The maximum atomic E-state index is 11.9. The third-order valence-electron chi connectivity index (χ3n) is 7.91. The fourth-order valence-electron chi connectivity index (χ4n) is 5.83. The van der Waals surface area contributed by atoms with E-state index in [1.165, 1.54) is 46.4 Å². The van der Waals surface area contributed by atoms with Crippen LogP contribution in [0.5, 0.6) is 0 Å². The first-order valence-corrected chi connectivity index (χ1v) is 13.7. The number of likely N-dealkylation sites (tertiary alicyclic amines) is 1. The standard InChI is InChI=1S/C31H42N2O3/c1-25-9-13-27(14-10-25)21-31(22-28-15-11-26(2)12-16-28)17-5-8-19-32(31)18-6-3-4-7-20-33-29(34)23-36-24-30(33)35/h9-16H,3-8,17-24H2,1-2H3. The van der Waals surface area contributed by atoms with Gasteiger partial charge in [0.05, 0.1) is 0 Å². The summed E-state index contributed by atoms with van der Waals surface area (Å²) in [6, 6.07) is 18.2. The summed E-state index contributed by atoms with van der Waals surface area (Å²) in [5, 5.41) is 0. The molecule has 4 rings (SSSR count). The van der Waals surface area contributed by atoms with Crippen molar-refractivity contribution < 1.29 is 14.3 Å². The first-order chi connectivity index (χ1) is 17.4. The van der Waals surface area contributed by atoms with Crippen LogP contribution in [0.15, 0.2) is 48.5 Å². The van der Waals surface area contributed by atoms with Crippen LogP contribution in [-0.2, 0) is 27.2 Å². The molecule has 36 heavy (non-hydrogen) atoms. The van der Waals surface area contributed by atoms with Crippen LogP contribution in [0.25, 0.3) is 0 Å². The molecule has 0 aromatic heterocycles. The molecule has 0 unspecified atom stereocenters. The minimum Gasteiger partial charge on any atom is -0.362 e. The molecule has 0 bridgehead atoms. The van der Waals surface area contributed by atoms with Gasteiger partial charge in [0.15, 0.2) is 0 Å². The molecule has 0 saturated carbocycles. The number of carbonyl (C=O) groups is 2. The van der Waals surface area contributed by atoms with E-state index in [-0.39, 0.29) is 30.6 Å². The summed E-state index contributed by atoms with van der Waals surface area (Å²) in [5.74, 6) is -0.395. The molecule has 194 valence electrons. The molecule has 2 fully saturated rings. The van der Waals surface area contributed by atoms with Crippen LogP contribution in [0, 0.1) is 13.8 Å². The van der Waals surface area contributed by atoms with Gasteiger partial charge in [-0.2, -0.15) is 0 Å². The topological polar surface area (TPSA) is 49.9 Å². The van der Waals surface area contributed by atoms with Crippen LogP contribution in [0.3, 0.4) is 0 Å². The van der Waals surface area contributed by atoms with Gasteiger partial charge in [-0.25, -0.2) is 0 Å². The number of amides is 2. The lowest BCUT2D eigenvalue weighted by Crippen LogP contribution is -2.55. The lowest BCUT2D eigenvalue weighted by molar-refractivity contribution is -0.158. The molecule has 0 spiro atoms. The average Bonchev–Trinajstić information content (AvgIpc) is 2.87. The van der Waals surface area contributed by atoms with E-state index in [0.29, 0.717) is 6.54 Å². The summed E-state index contributed by atoms with van der Waals surface area (Å²) in [6.45, 7) is 7.17.